The zero-order valence-electron chi connectivity index (χ0n) is 12.3. The fraction of sp³-hybridized carbons (Fsp3) is 0.647. The Kier molecular flexibility index (Phi) is 4.82. The number of rotatable bonds is 3. The Morgan fingerprint density at radius 3 is 2.76 bits per heavy atom. The van der Waals surface area contributed by atoms with Crippen molar-refractivity contribution >= 4 is 11.6 Å². The molecular weight excluding hydrogens is 289 g/mol. The second-order valence-corrected chi connectivity index (χ2v) is 6.84. The molecule has 1 aliphatic carbocycles. The topological polar surface area (TPSA) is 23.5 Å². The molecule has 0 bridgehead atoms. The summed E-state index contributed by atoms with van der Waals surface area (Å²) in [6.45, 7) is 1.80. The van der Waals surface area contributed by atoms with E-state index in [0.29, 0.717) is 17.0 Å². The summed E-state index contributed by atoms with van der Waals surface area (Å²) < 4.78 is 13.1. The van der Waals surface area contributed by atoms with Crippen molar-refractivity contribution in [1.82, 2.24) is 4.90 Å². The molecule has 0 aromatic heterocycles. The first-order valence-electron chi connectivity index (χ1n) is 8.01. The number of aliphatic hydroxyl groups excluding tert-OH is 1. The Labute approximate surface area is 130 Å². The molecule has 1 heterocycles. The Bertz CT molecular complexity index is 496. The van der Waals surface area contributed by atoms with E-state index in [9.17, 15) is 9.50 Å². The van der Waals surface area contributed by atoms with Gasteiger partial charge in [-0.3, -0.25) is 4.90 Å². The standard InChI is InChI=1S/C17H23ClFNO/c18-15-10-13(19)8-7-12(15)11-20-9-3-5-16(20)14-4-1-2-6-17(14)21/h7-8,10,14,16-17,21H,1-6,9,11H2. The molecule has 0 amide bonds. The molecule has 1 aromatic rings. The predicted molar refractivity (Wildman–Crippen MR) is 82.8 cm³/mol. The average molecular weight is 312 g/mol. The molecule has 1 N–H and O–H groups in total. The highest BCUT2D eigenvalue weighted by Crippen LogP contribution is 2.35. The Morgan fingerprint density at radius 1 is 1.19 bits per heavy atom. The van der Waals surface area contributed by atoms with Crippen molar-refractivity contribution in [3.8, 4) is 0 Å². The SMILES string of the molecule is OC1CCCCC1C1CCCN1Cc1ccc(F)cc1Cl. The van der Waals surface area contributed by atoms with Gasteiger partial charge in [0.2, 0.25) is 0 Å². The van der Waals surface area contributed by atoms with Crippen LogP contribution >= 0.6 is 11.6 Å². The minimum atomic E-state index is -0.288. The van der Waals surface area contributed by atoms with Crippen molar-refractivity contribution in [1.29, 1.82) is 0 Å². The van der Waals surface area contributed by atoms with Gasteiger partial charge in [-0.2, -0.15) is 0 Å². The molecule has 1 saturated carbocycles. The van der Waals surface area contributed by atoms with Gasteiger partial charge in [-0.1, -0.05) is 30.5 Å². The molecule has 0 radical (unpaired) electrons. The molecule has 2 nitrogen and oxygen atoms in total. The van der Waals surface area contributed by atoms with Crippen molar-refractivity contribution in [3.63, 3.8) is 0 Å². The van der Waals surface area contributed by atoms with E-state index in [1.807, 2.05) is 0 Å². The highest BCUT2D eigenvalue weighted by molar-refractivity contribution is 6.31. The lowest BCUT2D eigenvalue weighted by Gasteiger charge is -2.37. The van der Waals surface area contributed by atoms with Gasteiger partial charge in [0.15, 0.2) is 0 Å². The maximum Gasteiger partial charge on any atom is 0.124 e. The first kappa shape index (κ1) is 15.3. The molecule has 2 aliphatic rings. The van der Waals surface area contributed by atoms with Crippen LogP contribution in [0.3, 0.4) is 0 Å². The smallest absolute Gasteiger partial charge is 0.124 e. The molecule has 21 heavy (non-hydrogen) atoms. The third kappa shape index (κ3) is 3.41. The Morgan fingerprint density at radius 2 is 2.00 bits per heavy atom. The number of benzene rings is 1. The van der Waals surface area contributed by atoms with Gasteiger partial charge in [-0.25, -0.2) is 4.39 Å². The van der Waals surface area contributed by atoms with Crippen LogP contribution in [0, 0.1) is 11.7 Å². The van der Waals surface area contributed by atoms with E-state index >= 15 is 0 Å². The summed E-state index contributed by atoms with van der Waals surface area (Å²) in [6.07, 6.45) is 6.60. The predicted octanol–water partition coefficient (Wildman–Crippen LogP) is 3.99. The van der Waals surface area contributed by atoms with E-state index in [4.69, 9.17) is 11.6 Å². The van der Waals surface area contributed by atoms with Gasteiger partial charge >= 0.3 is 0 Å². The van der Waals surface area contributed by atoms with E-state index in [-0.39, 0.29) is 11.9 Å². The fourth-order valence-corrected chi connectivity index (χ4v) is 4.22. The second-order valence-electron chi connectivity index (χ2n) is 6.43. The number of nitrogens with zero attached hydrogens (tertiary/aromatic N) is 1. The summed E-state index contributed by atoms with van der Waals surface area (Å²) in [5.41, 5.74) is 0.982. The highest BCUT2D eigenvalue weighted by atomic mass is 35.5. The van der Waals surface area contributed by atoms with Crippen molar-refractivity contribution in [2.75, 3.05) is 6.54 Å². The molecule has 3 atom stereocenters. The summed E-state index contributed by atoms with van der Waals surface area (Å²) in [5, 5.41) is 10.8. The van der Waals surface area contributed by atoms with Gasteiger partial charge < -0.3 is 5.11 Å². The van der Waals surface area contributed by atoms with Crippen LogP contribution in [-0.4, -0.2) is 28.7 Å². The summed E-state index contributed by atoms with van der Waals surface area (Å²) in [4.78, 5) is 2.43. The molecule has 116 valence electrons. The fourth-order valence-electron chi connectivity index (χ4n) is 3.99. The average Bonchev–Trinajstić information content (AvgIpc) is 2.90. The minimum absolute atomic E-state index is 0.159. The van der Waals surface area contributed by atoms with Crippen molar-refractivity contribution in [2.24, 2.45) is 5.92 Å². The molecule has 1 aromatic carbocycles. The number of hydrogen-bond donors (Lipinski definition) is 1. The monoisotopic (exact) mass is 311 g/mol. The van der Waals surface area contributed by atoms with E-state index in [1.54, 1.807) is 6.07 Å². The van der Waals surface area contributed by atoms with Gasteiger partial charge in [0.05, 0.1) is 6.10 Å². The quantitative estimate of drug-likeness (QED) is 0.912. The van der Waals surface area contributed by atoms with Crippen molar-refractivity contribution < 1.29 is 9.50 Å². The Hall–Kier alpha value is -0.640. The summed E-state index contributed by atoms with van der Waals surface area (Å²) >= 11 is 6.15. The number of likely N-dealkylation sites (tertiary alicyclic amines) is 1. The summed E-state index contributed by atoms with van der Waals surface area (Å²) in [7, 11) is 0. The molecule has 1 aliphatic heterocycles. The second kappa shape index (κ2) is 6.64. The lowest BCUT2D eigenvalue weighted by atomic mass is 9.80. The van der Waals surface area contributed by atoms with E-state index < -0.39 is 0 Å². The number of hydrogen-bond acceptors (Lipinski definition) is 2. The maximum atomic E-state index is 13.1. The first-order chi connectivity index (χ1) is 10.1. The van der Waals surface area contributed by atoms with Gasteiger partial charge in [-0.05, 0) is 49.9 Å². The molecule has 3 unspecified atom stereocenters. The van der Waals surface area contributed by atoms with Crippen LogP contribution in [0.5, 0.6) is 0 Å². The third-order valence-electron chi connectivity index (χ3n) is 5.08. The van der Waals surface area contributed by atoms with Crippen LogP contribution in [0.25, 0.3) is 0 Å². The molecule has 3 rings (SSSR count). The van der Waals surface area contributed by atoms with Gasteiger partial charge in [-0.15, -0.1) is 0 Å². The first-order valence-corrected chi connectivity index (χ1v) is 8.39. The molecule has 4 heteroatoms. The zero-order chi connectivity index (χ0) is 14.8. The molecule has 0 spiro atoms. The third-order valence-corrected chi connectivity index (χ3v) is 5.43. The van der Waals surface area contributed by atoms with Crippen LogP contribution in [0.15, 0.2) is 18.2 Å². The van der Waals surface area contributed by atoms with Gasteiger partial charge in [0, 0.05) is 23.5 Å². The van der Waals surface area contributed by atoms with Crippen LogP contribution in [0.1, 0.15) is 44.1 Å². The van der Waals surface area contributed by atoms with Gasteiger partial charge in [0.1, 0.15) is 5.82 Å². The lowest BCUT2D eigenvalue weighted by Crippen LogP contribution is -2.42. The molecule has 2 fully saturated rings. The molecule has 1 saturated heterocycles. The Balaban J connectivity index is 1.71. The highest BCUT2D eigenvalue weighted by Gasteiger charge is 2.36. The zero-order valence-corrected chi connectivity index (χ0v) is 13.0. The van der Waals surface area contributed by atoms with Crippen LogP contribution < -0.4 is 0 Å². The normalized spacial score (nSPS) is 30.7. The number of halogens is 2. The largest absolute Gasteiger partial charge is 0.393 e. The molecular formula is C17H23ClFNO. The van der Waals surface area contributed by atoms with Crippen molar-refractivity contribution in [2.45, 2.75) is 57.2 Å². The van der Waals surface area contributed by atoms with E-state index in [1.165, 1.54) is 25.0 Å². The number of aliphatic hydroxyl groups is 1. The lowest BCUT2D eigenvalue weighted by molar-refractivity contribution is 0.0202. The van der Waals surface area contributed by atoms with E-state index in [0.717, 1.165) is 44.3 Å². The summed E-state index contributed by atoms with van der Waals surface area (Å²) in [6, 6.07) is 5.09. The van der Waals surface area contributed by atoms with Gasteiger partial charge in [0.25, 0.3) is 0 Å². The van der Waals surface area contributed by atoms with Crippen LogP contribution in [0.2, 0.25) is 5.02 Å². The van der Waals surface area contributed by atoms with Crippen LogP contribution in [-0.2, 0) is 6.54 Å². The maximum absolute atomic E-state index is 13.1. The summed E-state index contributed by atoms with van der Waals surface area (Å²) in [5.74, 6) is 0.102. The minimum Gasteiger partial charge on any atom is -0.393 e. The van der Waals surface area contributed by atoms with Crippen molar-refractivity contribution in [3.05, 3.63) is 34.6 Å². The van der Waals surface area contributed by atoms with Crippen LogP contribution in [0.4, 0.5) is 4.39 Å². The van der Waals surface area contributed by atoms with E-state index in [2.05, 4.69) is 4.90 Å².